The number of hydrogen-bond acceptors (Lipinski definition) is 1. The highest BCUT2D eigenvalue weighted by atomic mass is 35.5. The molecule has 0 heterocycles. The molecule has 9 heavy (non-hydrogen) atoms. The van der Waals surface area contributed by atoms with Crippen LogP contribution in [0.4, 0.5) is 0 Å². The first kappa shape index (κ1) is 12.2. The van der Waals surface area contributed by atoms with Gasteiger partial charge in [0, 0.05) is 11.4 Å². The van der Waals surface area contributed by atoms with Crippen molar-refractivity contribution in [2.75, 3.05) is 14.1 Å². The van der Waals surface area contributed by atoms with E-state index in [1.807, 2.05) is 21.0 Å². The molecule has 0 fully saturated rings. The number of halogens is 2. The van der Waals surface area contributed by atoms with Crippen LogP contribution in [0.15, 0.2) is 0 Å². The summed E-state index contributed by atoms with van der Waals surface area (Å²) in [7, 11) is 4.06. The van der Waals surface area contributed by atoms with Gasteiger partial charge in [0.25, 0.3) is 0 Å². The molecule has 0 N–H and O–H groups in total. The maximum absolute atomic E-state index is 5.78. The zero-order valence-electron chi connectivity index (χ0n) is 6.39. The Labute approximate surface area is 68.8 Å². The van der Waals surface area contributed by atoms with Crippen LogP contribution in [0.3, 0.4) is 0 Å². The fourth-order valence-corrected chi connectivity index (χ4v) is 0.636. The van der Waals surface area contributed by atoms with E-state index in [1.54, 1.807) is 0 Å². The average Bonchev–Trinajstić information content (AvgIpc) is 1.64. The van der Waals surface area contributed by atoms with Crippen LogP contribution in [0.1, 0.15) is 13.8 Å². The lowest BCUT2D eigenvalue weighted by molar-refractivity contribution is 0.310. The van der Waals surface area contributed by atoms with Crippen molar-refractivity contribution in [3.63, 3.8) is 0 Å². The van der Waals surface area contributed by atoms with E-state index in [1.165, 1.54) is 0 Å². The molecular weight excluding hydrogens is 157 g/mol. The molecule has 1 nitrogen and oxygen atoms in total. The highest BCUT2D eigenvalue weighted by Gasteiger charge is 2.09. The second kappa shape index (κ2) is 5.33. The van der Waals surface area contributed by atoms with Crippen LogP contribution in [0.2, 0.25) is 0 Å². The summed E-state index contributed by atoms with van der Waals surface area (Å²) in [6, 6.07) is 0.469. The Balaban J connectivity index is 0. The first-order valence-electron chi connectivity index (χ1n) is 2.86. The third-order valence-electron chi connectivity index (χ3n) is 1.48. The van der Waals surface area contributed by atoms with Gasteiger partial charge in [-0.05, 0) is 27.9 Å². The van der Waals surface area contributed by atoms with Gasteiger partial charge < -0.3 is 4.90 Å². The highest BCUT2D eigenvalue weighted by Crippen LogP contribution is 2.04. The second-order valence-electron chi connectivity index (χ2n) is 2.38. The molecule has 0 aromatic heterocycles. The minimum Gasteiger partial charge on any atom is -0.305 e. The van der Waals surface area contributed by atoms with E-state index in [4.69, 9.17) is 11.6 Å². The van der Waals surface area contributed by atoms with E-state index in [9.17, 15) is 0 Å². The number of alkyl halides is 1. The minimum atomic E-state index is 0. The Kier molecular flexibility index (Phi) is 7.25. The zero-order chi connectivity index (χ0) is 6.73. The van der Waals surface area contributed by atoms with Gasteiger partial charge in [0.1, 0.15) is 0 Å². The Hall–Kier alpha value is 0.540. The van der Waals surface area contributed by atoms with Crippen LogP contribution in [0, 0.1) is 0 Å². The van der Waals surface area contributed by atoms with Gasteiger partial charge in [0.2, 0.25) is 0 Å². The summed E-state index contributed by atoms with van der Waals surface area (Å²) in [6.45, 7) is 4.11. The van der Waals surface area contributed by atoms with Gasteiger partial charge in [-0.25, -0.2) is 0 Å². The molecule has 0 saturated carbocycles. The van der Waals surface area contributed by atoms with Crippen molar-refractivity contribution in [3.05, 3.63) is 0 Å². The molecule has 0 aliphatic rings. The molecule has 2 atom stereocenters. The predicted octanol–water partition coefficient (Wildman–Crippen LogP) is 1.99. The molecule has 0 aliphatic carbocycles. The number of hydrogen-bond donors (Lipinski definition) is 0. The van der Waals surface area contributed by atoms with Gasteiger partial charge in [-0.2, -0.15) is 0 Å². The van der Waals surface area contributed by atoms with E-state index in [-0.39, 0.29) is 17.8 Å². The van der Waals surface area contributed by atoms with Crippen LogP contribution < -0.4 is 0 Å². The lowest BCUT2D eigenvalue weighted by Gasteiger charge is -2.21. The number of rotatable bonds is 2. The molecule has 0 unspecified atom stereocenters. The van der Waals surface area contributed by atoms with Gasteiger partial charge in [-0.15, -0.1) is 24.0 Å². The van der Waals surface area contributed by atoms with Crippen molar-refractivity contribution in [1.82, 2.24) is 4.90 Å². The monoisotopic (exact) mass is 171 g/mol. The molecule has 0 spiro atoms. The molecule has 0 bridgehead atoms. The molecule has 0 rings (SSSR count). The largest absolute Gasteiger partial charge is 0.305 e. The SMILES string of the molecule is C[C@H]([C@@H](C)Cl)N(C)C.Cl. The van der Waals surface area contributed by atoms with E-state index in [2.05, 4.69) is 11.8 Å². The maximum atomic E-state index is 5.78. The minimum absolute atomic E-state index is 0. The summed E-state index contributed by atoms with van der Waals surface area (Å²) in [5.74, 6) is 0. The molecule has 0 amide bonds. The summed E-state index contributed by atoms with van der Waals surface area (Å²) in [4.78, 5) is 2.11. The third-order valence-corrected chi connectivity index (χ3v) is 1.84. The van der Waals surface area contributed by atoms with E-state index in [0.29, 0.717) is 6.04 Å². The third kappa shape index (κ3) is 5.01. The van der Waals surface area contributed by atoms with Gasteiger partial charge in [-0.1, -0.05) is 0 Å². The predicted molar refractivity (Wildman–Crippen MR) is 45.7 cm³/mol. The molecule has 0 aliphatic heterocycles. The van der Waals surface area contributed by atoms with Gasteiger partial charge in [-0.3, -0.25) is 0 Å². The second-order valence-corrected chi connectivity index (χ2v) is 3.07. The van der Waals surface area contributed by atoms with Crippen molar-refractivity contribution in [2.45, 2.75) is 25.3 Å². The lowest BCUT2D eigenvalue weighted by Crippen LogP contribution is -2.31. The van der Waals surface area contributed by atoms with Crippen LogP contribution in [0.5, 0.6) is 0 Å². The lowest BCUT2D eigenvalue weighted by atomic mass is 10.2. The summed E-state index contributed by atoms with van der Waals surface area (Å²) in [5.41, 5.74) is 0. The zero-order valence-corrected chi connectivity index (χ0v) is 7.96. The molecule has 58 valence electrons. The molecule has 0 aromatic rings. The van der Waals surface area contributed by atoms with Crippen molar-refractivity contribution in [2.24, 2.45) is 0 Å². The molecule has 0 aromatic carbocycles. The standard InChI is InChI=1S/C6H14ClN.ClH/c1-5(7)6(2)8(3)4;/h5-6H,1-4H3;1H/t5-,6-;/m1./s1. The molecule has 0 saturated heterocycles. The number of nitrogens with zero attached hydrogens (tertiary/aromatic N) is 1. The van der Waals surface area contributed by atoms with Crippen molar-refractivity contribution >= 4 is 24.0 Å². The first-order valence-corrected chi connectivity index (χ1v) is 3.30. The quantitative estimate of drug-likeness (QED) is 0.575. The Morgan fingerprint density at radius 3 is 1.56 bits per heavy atom. The van der Waals surface area contributed by atoms with E-state index < -0.39 is 0 Å². The van der Waals surface area contributed by atoms with Crippen LogP contribution in [0.25, 0.3) is 0 Å². The van der Waals surface area contributed by atoms with Crippen molar-refractivity contribution in [1.29, 1.82) is 0 Å². The van der Waals surface area contributed by atoms with Crippen LogP contribution >= 0.6 is 24.0 Å². The maximum Gasteiger partial charge on any atom is 0.0460 e. The van der Waals surface area contributed by atoms with Gasteiger partial charge in [0.15, 0.2) is 0 Å². The molecular formula is C6H15Cl2N. The van der Waals surface area contributed by atoms with Crippen molar-refractivity contribution < 1.29 is 0 Å². The fourth-order valence-electron chi connectivity index (χ4n) is 0.411. The molecule has 0 radical (unpaired) electrons. The van der Waals surface area contributed by atoms with Crippen LogP contribution in [-0.4, -0.2) is 30.4 Å². The normalized spacial score (nSPS) is 16.7. The Morgan fingerprint density at radius 1 is 1.22 bits per heavy atom. The summed E-state index contributed by atoms with van der Waals surface area (Å²) < 4.78 is 0. The highest BCUT2D eigenvalue weighted by molar-refractivity contribution is 6.20. The summed E-state index contributed by atoms with van der Waals surface area (Å²) in [5, 5.41) is 0.241. The van der Waals surface area contributed by atoms with E-state index in [0.717, 1.165) is 0 Å². The van der Waals surface area contributed by atoms with Crippen molar-refractivity contribution in [3.8, 4) is 0 Å². The summed E-state index contributed by atoms with van der Waals surface area (Å²) in [6.07, 6.45) is 0. The van der Waals surface area contributed by atoms with Gasteiger partial charge in [0.05, 0.1) is 0 Å². The summed E-state index contributed by atoms with van der Waals surface area (Å²) >= 11 is 5.78. The molecule has 3 heteroatoms. The smallest absolute Gasteiger partial charge is 0.0460 e. The fraction of sp³-hybridized carbons (Fsp3) is 1.00. The Morgan fingerprint density at radius 2 is 1.56 bits per heavy atom. The first-order chi connectivity index (χ1) is 3.55. The Bertz CT molecular complexity index is 56.1. The topological polar surface area (TPSA) is 3.24 Å². The van der Waals surface area contributed by atoms with Gasteiger partial charge >= 0.3 is 0 Å². The average molecular weight is 172 g/mol. The van der Waals surface area contributed by atoms with Crippen LogP contribution in [-0.2, 0) is 0 Å². The van der Waals surface area contributed by atoms with E-state index >= 15 is 0 Å².